The molecule has 1 aromatic heterocycles. The molecule has 1 aliphatic rings. The van der Waals surface area contributed by atoms with Crippen LogP contribution in [0.1, 0.15) is 25.5 Å². The van der Waals surface area contributed by atoms with Gasteiger partial charge in [-0.25, -0.2) is 14.2 Å². The molecule has 0 saturated carbocycles. The summed E-state index contributed by atoms with van der Waals surface area (Å²) in [6, 6.07) is 9.37. The summed E-state index contributed by atoms with van der Waals surface area (Å²) >= 11 is 0. The molecule has 2 aromatic rings. The Morgan fingerprint density at radius 3 is 2.67 bits per heavy atom. The summed E-state index contributed by atoms with van der Waals surface area (Å²) in [5, 5.41) is 5.57. The first-order valence-corrected chi connectivity index (χ1v) is 9.32. The lowest BCUT2D eigenvalue weighted by atomic mass is 10.0. The van der Waals surface area contributed by atoms with E-state index >= 15 is 0 Å². The van der Waals surface area contributed by atoms with E-state index in [0.29, 0.717) is 5.82 Å². The normalized spacial score (nSPS) is 16.0. The molecule has 1 aliphatic heterocycles. The quantitative estimate of drug-likeness (QED) is 0.847. The zero-order valence-electron chi connectivity index (χ0n) is 15.8. The number of likely N-dealkylation sites (N-methyl/N-ethyl adjacent to an activating group) is 1. The number of carbonyl (C=O) groups excluding carboxylic acids is 1. The zero-order valence-corrected chi connectivity index (χ0v) is 15.8. The van der Waals surface area contributed by atoms with E-state index in [0.717, 1.165) is 44.0 Å². The highest BCUT2D eigenvalue weighted by Gasteiger charge is 2.21. The van der Waals surface area contributed by atoms with Gasteiger partial charge in [0.25, 0.3) is 0 Å². The number of urea groups is 1. The lowest BCUT2D eigenvalue weighted by molar-refractivity contribution is 0.249. The number of amides is 2. The Morgan fingerprint density at radius 1 is 1.22 bits per heavy atom. The third kappa shape index (κ3) is 4.95. The van der Waals surface area contributed by atoms with Crippen LogP contribution in [0.4, 0.5) is 20.7 Å². The number of rotatable bonds is 5. The Hall–Kier alpha value is -2.67. The van der Waals surface area contributed by atoms with E-state index in [9.17, 15) is 9.18 Å². The fourth-order valence-electron chi connectivity index (χ4n) is 3.33. The van der Waals surface area contributed by atoms with Crippen LogP contribution < -0.4 is 15.5 Å². The Balaban J connectivity index is 1.71. The minimum atomic E-state index is -0.368. The van der Waals surface area contributed by atoms with E-state index in [1.807, 2.05) is 6.92 Å². The van der Waals surface area contributed by atoms with Crippen LogP contribution >= 0.6 is 0 Å². The van der Waals surface area contributed by atoms with E-state index in [2.05, 4.69) is 32.3 Å². The van der Waals surface area contributed by atoms with Crippen LogP contribution in [-0.2, 0) is 0 Å². The molecule has 0 aliphatic carbocycles. The molecule has 0 spiro atoms. The van der Waals surface area contributed by atoms with Crippen molar-refractivity contribution in [3.05, 3.63) is 54.0 Å². The van der Waals surface area contributed by atoms with Gasteiger partial charge in [0, 0.05) is 43.6 Å². The number of aromatic nitrogens is 1. The average Bonchev–Trinajstić information content (AvgIpc) is 2.68. The second kappa shape index (κ2) is 8.81. The molecule has 3 rings (SSSR count). The summed E-state index contributed by atoms with van der Waals surface area (Å²) in [5.74, 6) is 0.164. The van der Waals surface area contributed by atoms with Crippen molar-refractivity contribution in [3.8, 4) is 0 Å². The smallest absolute Gasteiger partial charge is 0.320 e. The molecule has 1 saturated heterocycles. The lowest BCUT2D eigenvalue weighted by Crippen LogP contribution is -2.46. The maximum Gasteiger partial charge on any atom is 0.320 e. The number of piperazine rings is 1. The second-order valence-corrected chi connectivity index (χ2v) is 6.66. The summed E-state index contributed by atoms with van der Waals surface area (Å²) in [7, 11) is 0. The first kappa shape index (κ1) is 19.1. The number of nitrogens with one attached hydrogen (secondary N) is 2. The number of hydrogen-bond acceptors (Lipinski definition) is 4. The molecule has 7 heteroatoms. The highest BCUT2D eigenvalue weighted by Crippen LogP contribution is 2.28. The first-order valence-electron chi connectivity index (χ1n) is 9.32. The number of benzene rings is 1. The highest BCUT2D eigenvalue weighted by atomic mass is 19.1. The third-order valence-electron chi connectivity index (χ3n) is 4.87. The SMILES string of the molecule is CCN1CCN(c2ccc(F)cc2C(C)NC(=O)Nc2ccccn2)CC1. The van der Waals surface area contributed by atoms with Gasteiger partial charge in [0.15, 0.2) is 0 Å². The molecular weight excluding hydrogens is 345 g/mol. The standard InChI is InChI=1S/C20H26FN5O/c1-3-25-10-12-26(13-11-25)18-8-7-16(21)14-17(18)15(2)23-20(27)24-19-6-4-5-9-22-19/h4-9,14-15H,3,10-13H2,1-2H3,(H2,22,23,24,27). The van der Waals surface area contributed by atoms with Crippen molar-refractivity contribution >= 4 is 17.5 Å². The topological polar surface area (TPSA) is 60.5 Å². The molecule has 1 atom stereocenters. The number of anilines is 2. The molecule has 2 N–H and O–H groups in total. The van der Waals surface area contributed by atoms with E-state index in [-0.39, 0.29) is 17.9 Å². The van der Waals surface area contributed by atoms with Gasteiger partial charge < -0.3 is 15.1 Å². The molecule has 0 radical (unpaired) electrons. The van der Waals surface area contributed by atoms with Gasteiger partial charge in [0.2, 0.25) is 0 Å². The Labute approximate surface area is 159 Å². The van der Waals surface area contributed by atoms with E-state index in [1.165, 1.54) is 12.1 Å². The molecule has 1 unspecified atom stereocenters. The molecule has 2 heterocycles. The molecule has 144 valence electrons. The van der Waals surface area contributed by atoms with Gasteiger partial charge >= 0.3 is 6.03 Å². The van der Waals surface area contributed by atoms with Crippen molar-refractivity contribution in [1.29, 1.82) is 0 Å². The van der Waals surface area contributed by atoms with Crippen molar-refractivity contribution in [2.45, 2.75) is 19.9 Å². The minimum Gasteiger partial charge on any atom is -0.369 e. The molecule has 0 bridgehead atoms. The Bertz CT molecular complexity index is 762. The number of hydrogen-bond donors (Lipinski definition) is 2. The lowest BCUT2D eigenvalue weighted by Gasteiger charge is -2.37. The average molecular weight is 371 g/mol. The highest BCUT2D eigenvalue weighted by molar-refractivity contribution is 5.88. The Morgan fingerprint density at radius 2 is 2.00 bits per heavy atom. The molecular formula is C20H26FN5O. The van der Waals surface area contributed by atoms with Crippen molar-refractivity contribution in [2.24, 2.45) is 0 Å². The van der Waals surface area contributed by atoms with Gasteiger partial charge in [0.1, 0.15) is 11.6 Å². The molecule has 1 aromatic carbocycles. The van der Waals surface area contributed by atoms with Gasteiger partial charge in [-0.15, -0.1) is 0 Å². The second-order valence-electron chi connectivity index (χ2n) is 6.66. The maximum absolute atomic E-state index is 13.9. The summed E-state index contributed by atoms with van der Waals surface area (Å²) in [6.07, 6.45) is 1.61. The van der Waals surface area contributed by atoms with E-state index in [4.69, 9.17) is 0 Å². The van der Waals surface area contributed by atoms with Crippen molar-refractivity contribution in [2.75, 3.05) is 42.9 Å². The van der Waals surface area contributed by atoms with Gasteiger partial charge in [0.05, 0.1) is 6.04 Å². The molecule has 6 nitrogen and oxygen atoms in total. The summed E-state index contributed by atoms with van der Waals surface area (Å²) in [5.41, 5.74) is 1.74. The number of halogens is 1. The largest absolute Gasteiger partial charge is 0.369 e. The summed E-state index contributed by atoms with van der Waals surface area (Å²) in [4.78, 5) is 21.0. The van der Waals surface area contributed by atoms with Crippen LogP contribution in [-0.4, -0.2) is 48.6 Å². The van der Waals surface area contributed by atoms with Crippen molar-refractivity contribution < 1.29 is 9.18 Å². The monoisotopic (exact) mass is 371 g/mol. The van der Waals surface area contributed by atoms with Crippen LogP contribution in [0.5, 0.6) is 0 Å². The zero-order chi connectivity index (χ0) is 19.2. The predicted molar refractivity (Wildman–Crippen MR) is 106 cm³/mol. The van der Waals surface area contributed by atoms with Crippen LogP contribution in [0.25, 0.3) is 0 Å². The third-order valence-corrected chi connectivity index (χ3v) is 4.87. The van der Waals surface area contributed by atoms with Gasteiger partial charge in [-0.3, -0.25) is 5.32 Å². The van der Waals surface area contributed by atoms with Crippen molar-refractivity contribution in [1.82, 2.24) is 15.2 Å². The summed E-state index contributed by atoms with van der Waals surface area (Å²) < 4.78 is 13.9. The summed E-state index contributed by atoms with van der Waals surface area (Å²) in [6.45, 7) is 8.79. The van der Waals surface area contributed by atoms with Crippen molar-refractivity contribution in [3.63, 3.8) is 0 Å². The Kier molecular flexibility index (Phi) is 6.24. The fraction of sp³-hybridized carbons (Fsp3) is 0.400. The van der Waals surface area contributed by atoms with E-state index in [1.54, 1.807) is 30.5 Å². The maximum atomic E-state index is 13.9. The predicted octanol–water partition coefficient (Wildman–Crippen LogP) is 3.25. The van der Waals surface area contributed by atoms with Crippen LogP contribution in [0.3, 0.4) is 0 Å². The fourth-order valence-corrected chi connectivity index (χ4v) is 3.33. The van der Waals surface area contributed by atoms with Gasteiger partial charge in [-0.2, -0.15) is 0 Å². The van der Waals surface area contributed by atoms with Crippen LogP contribution in [0, 0.1) is 5.82 Å². The van der Waals surface area contributed by atoms with Gasteiger partial charge in [-0.05, 0) is 43.8 Å². The van der Waals surface area contributed by atoms with Crippen LogP contribution in [0.15, 0.2) is 42.6 Å². The first-order chi connectivity index (χ1) is 13.1. The molecule has 1 fully saturated rings. The number of pyridine rings is 1. The number of carbonyl (C=O) groups is 1. The number of nitrogens with zero attached hydrogens (tertiary/aromatic N) is 3. The van der Waals surface area contributed by atoms with Crippen LogP contribution in [0.2, 0.25) is 0 Å². The molecule has 27 heavy (non-hydrogen) atoms. The molecule has 2 amide bonds. The van der Waals surface area contributed by atoms with Gasteiger partial charge in [-0.1, -0.05) is 13.0 Å². The minimum absolute atomic E-state index is 0.306. The van der Waals surface area contributed by atoms with E-state index < -0.39 is 0 Å².